The van der Waals surface area contributed by atoms with Crippen molar-refractivity contribution in [3.8, 4) is 0 Å². The van der Waals surface area contributed by atoms with Crippen LogP contribution in [0.1, 0.15) is 6.92 Å². The molecule has 0 fully saturated rings. The van der Waals surface area contributed by atoms with E-state index in [1.165, 1.54) is 6.08 Å². The van der Waals surface area contributed by atoms with Crippen molar-refractivity contribution < 1.29 is 9.90 Å². The summed E-state index contributed by atoms with van der Waals surface area (Å²) in [5.41, 5.74) is 0.734. The lowest BCUT2D eigenvalue weighted by molar-refractivity contribution is -0.132. The van der Waals surface area contributed by atoms with Gasteiger partial charge in [0.1, 0.15) is 0 Å². The second-order valence-electron chi connectivity index (χ2n) is 2.76. The van der Waals surface area contributed by atoms with Crippen molar-refractivity contribution in [1.29, 1.82) is 0 Å². The van der Waals surface area contributed by atoms with Crippen LogP contribution in [0.2, 0.25) is 0 Å². The molecular formula is C10H11NO2. The highest BCUT2D eigenvalue weighted by Gasteiger charge is 2.15. The quantitative estimate of drug-likeness (QED) is 0.653. The van der Waals surface area contributed by atoms with E-state index in [0.29, 0.717) is 5.70 Å². The summed E-state index contributed by atoms with van der Waals surface area (Å²) in [7, 11) is 0. The average Bonchev–Trinajstić information content (AvgIpc) is 2.09. The van der Waals surface area contributed by atoms with Gasteiger partial charge < -0.3 is 5.11 Å². The molecule has 68 valence electrons. The normalized spacial score (nSPS) is 24.2. The Hall–Kier alpha value is -1.64. The van der Waals surface area contributed by atoms with Crippen molar-refractivity contribution in [2.75, 3.05) is 0 Å². The summed E-state index contributed by atoms with van der Waals surface area (Å²) in [6.07, 6.45) is 6.61. The number of hydrogen-bond acceptors (Lipinski definition) is 2. The van der Waals surface area contributed by atoms with E-state index >= 15 is 0 Å². The Bertz CT molecular complexity index is 324. The van der Waals surface area contributed by atoms with Crippen LogP contribution in [-0.2, 0) is 4.79 Å². The van der Waals surface area contributed by atoms with Gasteiger partial charge in [-0.25, -0.2) is 4.79 Å². The predicted molar refractivity (Wildman–Crippen MR) is 51.7 cm³/mol. The Kier molecular flexibility index (Phi) is 2.80. The van der Waals surface area contributed by atoms with Crippen LogP contribution in [0.4, 0.5) is 0 Å². The first-order valence-electron chi connectivity index (χ1n) is 3.97. The summed E-state index contributed by atoms with van der Waals surface area (Å²) in [6, 6.07) is 0. The lowest BCUT2D eigenvalue weighted by atomic mass is 10.0. The van der Waals surface area contributed by atoms with Crippen molar-refractivity contribution in [1.82, 2.24) is 0 Å². The van der Waals surface area contributed by atoms with Crippen LogP contribution < -0.4 is 0 Å². The number of aliphatic carboxylic acids is 1. The van der Waals surface area contributed by atoms with Gasteiger partial charge in [-0.05, 0) is 6.08 Å². The molecule has 1 atom stereocenters. The SMILES string of the molecule is C=CC(C(=O)O)=C1N=CC=CC1C. The minimum atomic E-state index is -0.982. The number of allylic oxidation sites excluding steroid dienone is 2. The molecular weight excluding hydrogens is 166 g/mol. The lowest BCUT2D eigenvalue weighted by Gasteiger charge is -2.12. The van der Waals surface area contributed by atoms with Crippen molar-refractivity contribution in [3.05, 3.63) is 36.1 Å². The number of hydrogen-bond donors (Lipinski definition) is 1. The summed E-state index contributed by atoms with van der Waals surface area (Å²) in [6.45, 7) is 5.35. The maximum Gasteiger partial charge on any atom is 0.337 e. The molecule has 1 aliphatic heterocycles. The molecule has 1 heterocycles. The van der Waals surface area contributed by atoms with Crippen LogP contribution in [0.25, 0.3) is 0 Å². The van der Waals surface area contributed by atoms with E-state index < -0.39 is 5.97 Å². The molecule has 0 aliphatic carbocycles. The van der Waals surface area contributed by atoms with Gasteiger partial charge in [-0.2, -0.15) is 0 Å². The molecule has 13 heavy (non-hydrogen) atoms. The summed E-state index contributed by atoms with van der Waals surface area (Å²) in [4.78, 5) is 14.8. The molecule has 0 saturated carbocycles. The Morgan fingerprint density at radius 2 is 2.46 bits per heavy atom. The molecule has 0 spiro atoms. The summed E-state index contributed by atoms with van der Waals surface area (Å²) in [5, 5.41) is 8.82. The van der Waals surface area contributed by atoms with Crippen molar-refractivity contribution in [2.24, 2.45) is 10.9 Å². The summed E-state index contributed by atoms with van der Waals surface area (Å²) in [5.74, 6) is -0.946. The third kappa shape index (κ3) is 1.93. The predicted octanol–water partition coefficient (Wildman–Crippen LogP) is 1.79. The molecule has 3 heteroatoms. The van der Waals surface area contributed by atoms with Crippen molar-refractivity contribution in [2.45, 2.75) is 6.92 Å². The molecule has 1 unspecified atom stereocenters. The van der Waals surface area contributed by atoms with Crippen LogP contribution >= 0.6 is 0 Å². The fourth-order valence-corrected chi connectivity index (χ4v) is 1.16. The molecule has 1 N–H and O–H groups in total. The van der Waals surface area contributed by atoms with E-state index in [1.54, 1.807) is 12.3 Å². The number of carboxylic acid groups (broad SMARTS) is 1. The largest absolute Gasteiger partial charge is 0.478 e. The van der Waals surface area contributed by atoms with Crippen molar-refractivity contribution in [3.63, 3.8) is 0 Å². The van der Waals surface area contributed by atoms with Gasteiger partial charge in [-0.3, -0.25) is 4.99 Å². The van der Waals surface area contributed by atoms with Gasteiger partial charge in [0.15, 0.2) is 0 Å². The Balaban J connectivity index is 3.14. The molecule has 0 amide bonds. The topological polar surface area (TPSA) is 49.7 Å². The highest BCUT2D eigenvalue weighted by molar-refractivity contribution is 5.91. The maximum absolute atomic E-state index is 10.7. The average molecular weight is 177 g/mol. The molecule has 0 aromatic carbocycles. The monoisotopic (exact) mass is 177 g/mol. The van der Waals surface area contributed by atoms with Crippen LogP contribution in [0, 0.1) is 5.92 Å². The second kappa shape index (κ2) is 3.85. The standard InChI is InChI=1S/C10H11NO2/c1-3-8(10(12)13)9-7(2)5-4-6-11-9/h3-7H,1H2,2H3,(H,12,13). The van der Waals surface area contributed by atoms with Crippen LogP contribution in [0.5, 0.6) is 0 Å². The lowest BCUT2D eigenvalue weighted by Crippen LogP contribution is -2.07. The van der Waals surface area contributed by atoms with E-state index in [9.17, 15) is 4.79 Å². The third-order valence-electron chi connectivity index (χ3n) is 1.84. The Morgan fingerprint density at radius 3 is 2.92 bits per heavy atom. The fraction of sp³-hybridized carbons (Fsp3) is 0.200. The fourth-order valence-electron chi connectivity index (χ4n) is 1.16. The first kappa shape index (κ1) is 9.45. The number of dihydropyridines is 1. The van der Waals surface area contributed by atoms with Gasteiger partial charge in [0.05, 0.1) is 11.3 Å². The molecule has 1 aliphatic rings. The maximum atomic E-state index is 10.7. The van der Waals surface area contributed by atoms with Crippen LogP contribution in [-0.4, -0.2) is 17.3 Å². The Labute approximate surface area is 76.8 Å². The van der Waals surface area contributed by atoms with Crippen LogP contribution in [0.15, 0.2) is 41.1 Å². The molecule has 3 nitrogen and oxygen atoms in total. The van der Waals surface area contributed by atoms with Gasteiger partial charge in [0.25, 0.3) is 0 Å². The molecule has 0 bridgehead atoms. The minimum absolute atomic E-state index is 0.0362. The number of carbonyl (C=O) groups is 1. The smallest absolute Gasteiger partial charge is 0.337 e. The van der Waals surface area contributed by atoms with Gasteiger partial charge in [0.2, 0.25) is 0 Å². The van der Waals surface area contributed by atoms with E-state index in [-0.39, 0.29) is 11.5 Å². The highest BCUT2D eigenvalue weighted by Crippen LogP contribution is 2.21. The number of aliphatic imine (C=N–C) groups is 1. The molecule has 0 saturated heterocycles. The second-order valence-corrected chi connectivity index (χ2v) is 2.76. The summed E-state index contributed by atoms with van der Waals surface area (Å²) >= 11 is 0. The number of nitrogens with zero attached hydrogens (tertiary/aromatic N) is 1. The molecule has 0 aromatic rings. The van der Waals surface area contributed by atoms with Crippen LogP contribution in [0.3, 0.4) is 0 Å². The number of carboxylic acids is 1. The van der Waals surface area contributed by atoms with E-state index in [2.05, 4.69) is 11.6 Å². The third-order valence-corrected chi connectivity index (χ3v) is 1.84. The summed E-state index contributed by atoms with van der Waals surface area (Å²) < 4.78 is 0. The van der Waals surface area contributed by atoms with E-state index in [4.69, 9.17) is 5.11 Å². The van der Waals surface area contributed by atoms with Gasteiger partial charge >= 0.3 is 5.97 Å². The molecule has 0 aromatic heterocycles. The first-order chi connectivity index (χ1) is 6.16. The molecule has 1 rings (SSSR count). The minimum Gasteiger partial charge on any atom is -0.478 e. The Morgan fingerprint density at radius 1 is 1.77 bits per heavy atom. The number of rotatable bonds is 2. The molecule has 0 radical (unpaired) electrons. The van der Waals surface area contributed by atoms with Gasteiger partial charge in [-0.15, -0.1) is 0 Å². The van der Waals surface area contributed by atoms with E-state index in [1.807, 2.05) is 13.0 Å². The van der Waals surface area contributed by atoms with Gasteiger partial charge in [-0.1, -0.05) is 25.7 Å². The highest BCUT2D eigenvalue weighted by atomic mass is 16.4. The van der Waals surface area contributed by atoms with Gasteiger partial charge in [0, 0.05) is 12.1 Å². The van der Waals surface area contributed by atoms with Crippen molar-refractivity contribution >= 4 is 12.2 Å². The zero-order valence-corrected chi connectivity index (χ0v) is 7.40. The first-order valence-corrected chi connectivity index (χ1v) is 3.97. The van der Waals surface area contributed by atoms with E-state index in [0.717, 1.165) is 0 Å². The zero-order valence-electron chi connectivity index (χ0n) is 7.40. The zero-order chi connectivity index (χ0) is 9.84.